The lowest BCUT2D eigenvalue weighted by atomic mass is 10.0. The van der Waals surface area contributed by atoms with Crippen molar-refractivity contribution in [3.05, 3.63) is 39.9 Å². The monoisotopic (exact) mass is 322 g/mol. The van der Waals surface area contributed by atoms with Crippen LogP contribution in [-0.4, -0.2) is 72.2 Å². The number of non-ortho nitro benzene ring substituents is 1. The summed E-state index contributed by atoms with van der Waals surface area (Å²) in [5.41, 5.74) is 1.06. The first-order valence-electron chi connectivity index (χ1n) is 8.18. The topological polar surface area (TPSA) is 81.9 Å². The molecule has 7 heteroatoms. The van der Waals surface area contributed by atoms with Crippen LogP contribution in [0, 0.1) is 10.1 Å². The summed E-state index contributed by atoms with van der Waals surface area (Å²) < 4.78 is 0. The third kappa shape index (κ3) is 4.97. The molecule has 0 bridgehead atoms. The third-order valence-corrected chi connectivity index (χ3v) is 4.34. The molecule has 0 aliphatic carbocycles. The van der Waals surface area contributed by atoms with E-state index in [-0.39, 0.29) is 23.3 Å². The molecule has 1 saturated heterocycles. The first-order valence-corrected chi connectivity index (χ1v) is 8.18. The van der Waals surface area contributed by atoms with Crippen molar-refractivity contribution in [2.45, 2.75) is 13.0 Å². The molecule has 0 aromatic heterocycles. The van der Waals surface area contributed by atoms with Gasteiger partial charge in [-0.05, 0) is 12.1 Å². The summed E-state index contributed by atoms with van der Waals surface area (Å²) in [5.74, 6) is 0. The van der Waals surface area contributed by atoms with Gasteiger partial charge in [0.05, 0.1) is 11.5 Å². The number of piperazine rings is 1. The molecule has 0 radical (unpaired) electrons. The molecule has 0 amide bonds. The van der Waals surface area contributed by atoms with Gasteiger partial charge in [-0.1, -0.05) is 19.1 Å². The van der Waals surface area contributed by atoms with Crippen molar-refractivity contribution < 1.29 is 10.0 Å². The van der Waals surface area contributed by atoms with Crippen LogP contribution < -0.4 is 5.32 Å². The molecule has 1 atom stereocenters. The first-order chi connectivity index (χ1) is 11.2. The summed E-state index contributed by atoms with van der Waals surface area (Å²) in [6.07, 6.45) is 0. The second-order valence-electron chi connectivity index (χ2n) is 5.77. The van der Waals surface area contributed by atoms with Crippen LogP contribution in [0.4, 0.5) is 5.69 Å². The summed E-state index contributed by atoms with van der Waals surface area (Å²) in [5, 5.41) is 23.7. The molecule has 1 fully saturated rings. The highest BCUT2D eigenvalue weighted by Gasteiger charge is 2.24. The number of likely N-dealkylation sites (N-methyl/N-ethyl adjacent to an activating group) is 1. The van der Waals surface area contributed by atoms with Crippen molar-refractivity contribution in [2.24, 2.45) is 0 Å². The number of nitrogens with one attached hydrogen (secondary N) is 1. The molecule has 2 N–H and O–H groups in total. The van der Waals surface area contributed by atoms with Gasteiger partial charge in [-0.3, -0.25) is 19.9 Å². The van der Waals surface area contributed by atoms with Gasteiger partial charge in [0.2, 0.25) is 0 Å². The smallest absolute Gasteiger partial charge is 0.269 e. The lowest BCUT2D eigenvalue weighted by Gasteiger charge is -2.36. The zero-order valence-corrected chi connectivity index (χ0v) is 13.6. The maximum absolute atomic E-state index is 11.1. The summed E-state index contributed by atoms with van der Waals surface area (Å²) in [6.45, 7) is 8.19. The van der Waals surface area contributed by atoms with Crippen LogP contribution in [0.15, 0.2) is 24.3 Å². The molecule has 2 rings (SSSR count). The Kier molecular flexibility index (Phi) is 6.91. The van der Waals surface area contributed by atoms with Gasteiger partial charge in [-0.25, -0.2) is 0 Å². The van der Waals surface area contributed by atoms with E-state index in [4.69, 9.17) is 0 Å². The Labute approximate surface area is 137 Å². The van der Waals surface area contributed by atoms with E-state index in [1.165, 1.54) is 6.07 Å². The average Bonchev–Trinajstić information content (AvgIpc) is 2.59. The number of hydrogen-bond acceptors (Lipinski definition) is 6. The fourth-order valence-corrected chi connectivity index (χ4v) is 3.08. The highest BCUT2D eigenvalue weighted by Crippen LogP contribution is 2.25. The van der Waals surface area contributed by atoms with E-state index in [2.05, 4.69) is 22.0 Å². The minimum absolute atomic E-state index is 0.0464. The SMILES string of the molecule is CCN(CCO)C(CN1CCNCC1)c1cccc([N+](=O)[O-])c1. The quantitative estimate of drug-likeness (QED) is 0.546. The van der Waals surface area contributed by atoms with Crippen molar-refractivity contribution in [3.8, 4) is 0 Å². The molecular formula is C16H26N4O3. The van der Waals surface area contributed by atoms with Gasteiger partial charge >= 0.3 is 0 Å². The van der Waals surface area contributed by atoms with Crippen LogP contribution in [0.5, 0.6) is 0 Å². The number of nitro benzene ring substituents is 1. The maximum Gasteiger partial charge on any atom is 0.269 e. The molecule has 23 heavy (non-hydrogen) atoms. The summed E-state index contributed by atoms with van der Waals surface area (Å²) in [6, 6.07) is 6.91. The number of aliphatic hydroxyl groups is 1. The van der Waals surface area contributed by atoms with E-state index < -0.39 is 0 Å². The summed E-state index contributed by atoms with van der Waals surface area (Å²) in [4.78, 5) is 15.3. The zero-order valence-electron chi connectivity index (χ0n) is 13.6. The van der Waals surface area contributed by atoms with E-state index >= 15 is 0 Å². The Morgan fingerprint density at radius 1 is 1.43 bits per heavy atom. The molecule has 0 spiro atoms. The van der Waals surface area contributed by atoms with Crippen LogP contribution >= 0.6 is 0 Å². The standard InChI is InChI=1S/C16H26N4O3/c1-2-19(10-11-21)16(13-18-8-6-17-7-9-18)14-4-3-5-15(12-14)20(22)23/h3-5,12,16-17,21H,2,6-11,13H2,1H3. The van der Waals surface area contributed by atoms with Crippen LogP contribution in [-0.2, 0) is 0 Å². The second-order valence-corrected chi connectivity index (χ2v) is 5.77. The van der Waals surface area contributed by atoms with Crippen molar-refractivity contribution >= 4 is 5.69 Å². The molecule has 1 aromatic rings. The fraction of sp³-hybridized carbons (Fsp3) is 0.625. The Bertz CT molecular complexity index is 506. The van der Waals surface area contributed by atoms with Crippen molar-refractivity contribution in [2.75, 3.05) is 52.4 Å². The molecule has 1 unspecified atom stereocenters. The lowest BCUT2D eigenvalue weighted by Crippen LogP contribution is -2.47. The van der Waals surface area contributed by atoms with Gasteiger partial charge in [0, 0.05) is 57.4 Å². The first kappa shape index (κ1) is 17.8. The summed E-state index contributed by atoms with van der Waals surface area (Å²) >= 11 is 0. The Morgan fingerprint density at radius 2 is 2.17 bits per heavy atom. The van der Waals surface area contributed by atoms with Crippen molar-refractivity contribution in [1.82, 2.24) is 15.1 Å². The van der Waals surface area contributed by atoms with Crippen LogP contribution in [0.25, 0.3) is 0 Å². The number of rotatable bonds is 8. The fourth-order valence-electron chi connectivity index (χ4n) is 3.08. The number of hydrogen-bond donors (Lipinski definition) is 2. The lowest BCUT2D eigenvalue weighted by molar-refractivity contribution is -0.385. The number of aliphatic hydroxyl groups excluding tert-OH is 1. The third-order valence-electron chi connectivity index (χ3n) is 4.34. The molecule has 0 saturated carbocycles. The Morgan fingerprint density at radius 3 is 2.78 bits per heavy atom. The molecular weight excluding hydrogens is 296 g/mol. The number of benzene rings is 1. The maximum atomic E-state index is 11.1. The van der Waals surface area contributed by atoms with Gasteiger partial charge in [0.15, 0.2) is 0 Å². The number of nitro groups is 1. The van der Waals surface area contributed by atoms with E-state index in [0.717, 1.165) is 44.8 Å². The molecule has 1 aliphatic heterocycles. The van der Waals surface area contributed by atoms with E-state index in [0.29, 0.717) is 6.54 Å². The average molecular weight is 322 g/mol. The van der Waals surface area contributed by atoms with Crippen LogP contribution in [0.1, 0.15) is 18.5 Å². The largest absolute Gasteiger partial charge is 0.395 e. The highest BCUT2D eigenvalue weighted by molar-refractivity contribution is 5.36. The molecule has 1 aliphatic rings. The van der Waals surface area contributed by atoms with E-state index in [9.17, 15) is 15.2 Å². The van der Waals surface area contributed by atoms with Crippen LogP contribution in [0.2, 0.25) is 0 Å². The van der Waals surface area contributed by atoms with E-state index in [1.54, 1.807) is 12.1 Å². The van der Waals surface area contributed by atoms with E-state index in [1.807, 2.05) is 6.07 Å². The van der Waals surface area contributed by atoms with Crippen molar-refractivity contribution in [3.63, 3.8) is 0 Å². The molecule has 1 aromatic carbocycles. The van der Waals surface area contributed by atoms with Gasteiger partial charge in [0.25, 0.3) is 5.69 Å². The molecule has 128 valence electrons. The van der Waals surface area contributed by atoms with Gasteiger partial charge in [0.1, 0.15) is 0 Å². The minimum atomic E-state index is -0.353. The minimum Gasteiger partial charge on any atom is -0.395 e. The van der Waals surface area contributed by atoms with Crippen LogP contribution in [0.3, 0.4) is 0 Å². The summed E-state index contributed by atoms with van der Waals surface area (Å²) in [7, 11) is 0. The molecule has 7 nitrogen and oxygen atoms in total. The zero-order chi connectivity index (χ0) is 16.7. The van der Waals surface area contributed by atoms with Crippen molar-refractivity contribution in [1.29, 1.82) is 0 Å². The predicted molar refractivity (Wildman–Crippen MR) is 89.5 cm³/mol. The Hall–Kier alpha value is -1.54. The number of nitrogens with zero attached hydrogens (tertiary/aromatic N) is 3. The highest BCUT2D eigenvalue weighted by atomic mass is 16.6. The van der Waals surface area contributed by atoms with Gasteiger partial charge in [-0.15, -0.1) is 0 Å². The normalized spacial score (nSPS) is 17.3. The predicted octanol–water partition coefficient (Wildman–Crippen LogP) is 0.855. The van der Waals surface area contributed by atoms with Gasteiger partial charge < -0.3 is 10.4 Å². The van der Waals surface area contributed by atoms with Gasteiger partial charge in [-0.2, -0.15) is 0 Å². The Balaban J connectivity index is 2.23. The second kappa shape index (κ2) is 8.93. The molecule has 1 heterocycles.